The third kappa shape index (κ3) is 3.67. The Labute approximate surface area is 157 Å². The highest BCUT2D eigenvalue weighted by atomic mass is 32.1. The van der Waals surface area contributed by atoms with Gasteiger partial charge in [0, 0.05) is 11.8 Å². The number of aromatic amines is 1. The molecule has 0 saturated heterocycles. The van der Waals surface area contributed by atoms with E-state index in [1.807, 2.05) is 26.8 Å². The molecule has 0 fully saturated rings. The Morgan fingerprint density at radius 3 is 2.63 bits per heavy atom. The summed E-state index contributed by atoms with van der Waals surface area (Å²) in [5.74, 6) is 1.54. The molecular weight excluding hydrogens is 369 g/mol. The van der Waals surface area contributed by atoms with Gasteiger partial charge < -0.3 is 10.6 Å². The average Bonchev–Trinajstić information content (AvgIpc) is 3.20. The van der Waals surface area contributed by atoms with Crippen LogP contribution >= 0.6 is 11.3 Å². The van der Waals surface area contributed by atoms with Gasteiger partial charge in [-0.1, -0.05) is 11.3 Å². The van der Waals surface area contributed by atoms with Crippen LogP contribution in [0.4, 0.5) is 22.0 Å². The van der Waals surface area contributed by atoms with Crippen molar-refractivity contribution in [1.82, 2.24) is 35.1 Å². The van der Waals surface area contributed by atoms with Gasteiger partial charge in [0.2, 0.25) is 5.95 Å². The molecule has 0 radical (unpaired) electrons. The minimum absolute atomic E-state index is 0.308. The van der Waals surface area contributed by atoms with Gasteiger partial charge in [-0.2, -0.15) is 10.1 Å². The normalized spacial score (nSPS) is 12.3. The zero-order valence-corrected chi connectivity index (χ0v) is 15.6. The van der Waals surface area contributed by atoms with Gasteiger partial charge >= 0.3 is 0 Å². The maximum atomic E-state index is 13.0. The lowest BCUT2D eigenvalue weighted by atomic mass is 10.3. The second-order valence-electron chi connectivity index (χ2n) is 5.97. The predicted molar refractivity (Wildman–Crippen MR) is 101 cm³/mol. The summed E-state index contributed by atoms with van der Waals surface area (Å²) in [5, 5.41) is 14.3. The first-order valence-corrected chi connectivity index (χ1v) is 8.98. The average molecular weight is 385 g/mol. The molecule has 4 rings (SSSR count). The summed E-state index contributed by atoms with van der Waals surface area (Å²) in [5.41, 5.74) is 1.60. The van der Waals surface area contributed by atoms with Crippen LogP contribution in [0.15, 0.2) is 18.5 Å². The number of rotatable bonds is 5. The molecule has 0 bridgehead atoms. The monoisotopic (exact) mass is 385 g/mol. The lowest BCUT2D eigenvalue weighted by molar-refractivity contribution is 0.604. The van der Waals surface area contributed by atoms with Crippen molar-refractivity contribution in [3.05, 3.63) is 40.8 Å². The minimum Gasteiger partial charge on any atom is -0.344 e. The number of aromatic nitrogens is 7. The van der Waals surface area contributed by atoms with Crippen LogP contribution in [0, 0.1) is 19.7 Å². The lowest BCUT2D eigenvalue weighted by Crippen LogP contribution is -2.13. The molecule has 0 saturated carbocycles. The van der Waals surface area contributed by atoms with Crippen LogP contribution in [0.2, 0.25) is 0 Å². The topological polar surface area (TPSA) is 117 Å². The van der Waals surface area contributed by atoms with E-state index in [4.69, 9.17) is 0 Å². The number of aryl methyl sites for hydroxylation is 2. The Balaban J connectivity index is 1.67. The lowest BCUT2D eigenvalue weighted by Gasteiger charge is -2.13. The molecule has 4 aromatic rings. The first-order chi connectivity index (χ1) is 13.0. The molecule has 0 aliphatic heterocycles. The fourth-order valence-corrected chi connectivity index (χ4v) is 3.27. The number of halogens is 1. The Hall–Kier alpha value is -3.21. The summed E-state index contributed by atoms with van der Waals surface area (Å²) in [6.45, 7) is 5.68. The van der Waals surface area contributed by atoms with Crippen molar-refractivity contribution in [1.29, 1.82) is 0 Å². The number of thiazole rings is 1. The molecular formula is C16H16FN9S. The van der Waals surface area contributed by atoms with Gasteiger partial charge in [-0.15, -0.1) is 0 Å². The van der Waals surface area contributed by atoms with Crippen LogP contribution < -0.4 is 10.6 Å². The first-order valence-electron chi connectivity index (χ1n) is 8.16. The van der Waals surface area contributed by atoms with Crippen LogP contribution in [0.5, 0.6) is 0 Å². The van der Waals surface area contributed by atoms with Crippen molar-refractivity contribution in [3.63, 3.8) is 0 Å². The molecule has 0 amide bonds. The molecule has 0 aromatic carbocycles. The number of fused-ring (bicyclic) bond motifs is 1. The fourth-order valence-electron chi connectivity index (χ4n) is 2.49. The van der Waals surface area contributed by atoms with Crippen molar-refractivity contribution in [2.45, 2.75) is 26.8 Å². The van der Waals surface area contributed by atoms with Crippen molar-refractivity contribution < 1.29 is 4.39 Å². The van der Waals surface area contributed by atoms with E-state index in [0.29, 0.717) is 28.9 Å². The molecule has 1 atom stereocenters. The highest BCUT2D eigenvalue weighted by Gasteiger charge is 2.16. The van der Waals surface area contributed by atoms with Crippen molar-refractivity contribution >= 4 is 39.3 Å². The van der Waals surface area contributed by atoms with Gasteiger partial charge in [0.1, 0.15) is 11.3 Å². The minimum atomic E-state index is -0.482. The molecule has 0 spiro atoms. The molecule has 138 valence electrons. The number of anilines is 3. The molecule has 0 aliphatic rings. The highest BCUT2D eigenvalue weighted by Crippen LogP contribution is 2.29. The maximum Gasteiger partial charge on any atom is 0.226 e. The van der Waals surface area contributed by atoms with E-state index in [0.717, 1.165) is 27.9 Å². The quantitative estimate of drug-likeness (QED) is 0.479. The van der Waals surface area contributed by atoms with Gasteiger partial charge in [0.25, 0.3) is 0 Å². The van der Waals surface area contributed by atoms with Crippen molar-refractivity contribution in [2.75, 3.05) is 10.6 Å². The van der Waals surface area contributed by atoms with E-state index in [9.17, 15) is 4.39 Å². The third-order valence-corrected chi connectivity index (χ3v) is 4.56. The number of nitrogens with one attached hydrogen (secondary N) is 3. The van der Waals surface area contributed by atoms with Crippen LogP contribution in [0.3, 0.4) is 0 Å². The summed E-state index contributed by atoms with van der Waals surface area (Å²) in [6, 6.07) is 1.56. The van der Waals surface area contributed by atoms with E-state index in [1.165, 1.54) is 11.3 Å². The van der Waals surface area contributed by atoms with Gasteiger partial charge in [0.05, 0.1) is 23.4 Å². The zero-order valence-electron chi connectivity index (χ0n) is 14.8. The number of nitrogens with zero attached hydrogens (tertiary/aromatic N) is 6. The van der Waals surface area contributed by atoms with Crippen LogP contribution in [-0.4, -0.2) is 35.1 Å². The maximum absolute atomic E-state index is 13.0. The second-order valence-corrected chi connectivity index (χ2v) is 7.15. The zero-order chi connectivity index (χ0) is 19.0. The molecule has 0 unspecified atom stereocenters. The van der Waals surface area contributed by atoms with Gasteiger partial charge in [-0.05, 0) is 20.8 Å². The predicted octanol–water partition coefficient (Wildman–Crippen LogP) is 3.27. The van der Waals surface area contributed by atoms with Crippen LogP contribution in [-0.2, 0) is 0 Å². The van der Waals surface area contributed by atoms with E-state index in [2.05, 4.69) is 45.8 Å². The molecule has 3 N–H and O–H groups in total. The molecule has 11 heteroatoms. The summed E-state index contributed by atoms with van der Waals surface area (Å²) >= 11 is 1.47. The van der Waals surface area contributed by atoms with Gasteiger partial charge in [0.15, 0.2) is 22.3 Å². The van der Waals surface area contributed by atoms with Crippen LogP contribution in [0.1, 0.15) is 29.5 Å². The standard InChI is InChI=1S/C16H16FN9S/c1-7-4-11(26-25-7)22-14-12-15(27-9(3)21-12)24-16(23-14)20-8(2)13-18-5-10(17)6-19-13/h4-6,8H,1-3H3,(H3,20,22,23,24,25,26)/t8-/m0/s1. The van der Waals surface area contributed by atoms with E-state index in [-0.39, 0.29) is 6.04 Å². The number of H-pyrrole nitrogens is 1. The number of hydrogen-bond donors (Lipinski definition) is 3. The Kier molecular flexibility index (Phi) is 4.36. The highest BCUT2D eigenvalue weighted by molar-refractivity contribution is 7.18. The molecule has 4 aromatic heterocycles. The summed E-state index contributed by atoms with van der Waals surface area (Å²) in [7, 11) is 0. The van der Waals surface area contributed by atoms with Crippen molar-refractivity contribution in [2.24, 2.45) is 0 Å². The first kappa shape index (κ1) is 17.2. The smallest absolute Gasteiger partial charge is 0.226 e. The number of hydrogen-bond acceptors (Lipinski definition) is 9. The van der Waals surface area contributed by atoms with E-state index < -0.39 is 5.82 Å². The van der Waals surface area contributed by atoms with Crippen LogP contribution in [0.25, 0.3) is 10.3 Å². The molecule has 0 aliphatic carbocycles. The summed E-state index contributed by atoms with van der Waals surface area (Å²) < 4.78 is 13.0. The fraction of sp³-hybridized carbons (Fsp3) is 0.250. The molecule has 9 nitrogen and oxygen atoms in total. The SMILES string of the molecule is Cc1cc(Nc2nc(N[C@@H](C)c3ncc(F)cn3)nc3sc(C)nc23)n[nH]1. The Morgan fingerprint density at radius 1 is 1.15 bits per heavy atom. The Morgan fingerprint density at radius 2 is 1.93 bits per heavy atom. The largest absolute Gasteiger partial charge is 0.344 e. The van der Waals surface area contributed by atoms with E-state index >= 15 is 0 Å². The Bertz CT molecular complexity index is 1090. The summed E-state index contributed by atoms with van der Waals surface area (Å²) in [6.07, 6.45) is 2.26. The molecule has 27 heavy (non-hydrogen) atoms. The van der Waals surface area contributed by atoms with Gasteiger partial charge in [-0.3, -0.25) is 5.10 Å². The molecule has 4 heterocycles. The summed E-state index contributed by atoms with van der Waals surface area (Å²) in [4.78, 5) is 22.3. The third-order valence-electron chi connectivity index (χ3n) is 3.69. The second kappa shape index (κ2) is 6.83. The van der Waals surface area contributed by atoms with Crippen molar-refractivity contribution in [3.8, 4) is 0 Å². The van der Waals surface area contributed by atoms with E-state index in [1.54, 1.807) is 0 Å². The van der Waals surface area contributed by atoms with Gasteiger partial charge in [-0.25, -0.2) is 24.3 Å².